The summed E-state index contributed by atoms with van der Waals surface area (Å²) in [5.41, 5.74) is -0.357. The van der Waals surface area contributed by atoms with Gasteiger partial charge in [-0.1, -0.05) is 23.6 Å². The Morgan fingerprint density at radius 3 is 2.15 bits per heavy atom. The maximum atomic E-state index is 12.7. The summed E-state index contributed by atoms with van der Waals surface area (Å²) in [4.78, 5) is 25.3. The molecule has 0 heterocycles. The van der Waals surface area contributed by atoms with Gasteiger partial charge in [-0.25, -0.2) is 0 Å². The van der Waals surface area contributed by atoms with E-state index in [2.05, 4.69) is 47.6 Å². The lowest BCUT2D eigenvalue weighted by atomic mass is 9.80. The molecule has 0 radical (unpaired) electrons. The van der Waals surface area contributed by atoms with Gasteiger partial charge in [-0.3, -0.25) is 9.59 Å². The fourth-order valence-corrected chi connectivity index (χ4v) is 2.57. The van der Waals surface area contributed by atoms with E-state index in [-0.39, 0.29) is 26.1 Å². The van der Waals surface area contributed by atoms with Gasteiger partial charge in [-0.15, -0.1) is 19.1 Å². The summed E-state index contributed by atoms with van der Waals surface area (Å²) < 4.78 is 11.4. The van der Waals surface area contributed by atoms with Gasteiger partial charge in [0.2, 0.25) is 0 Å². The van der Waals surface area contributed by atoms with E-state index in [9.17, 15) is 9.59 Å². The Kier molecular flexibility index (Phi) is 12.8. The van der Waals surface area contributed by atoms with Crippen molar-refractivity contribution in [3.63, 3.8) is 0 Å². The van der Waals surface area contributed by atoms with E-state index in [4.69, 9.17) is 9.47 Å². The number of esters is 2. The topological polar surface area (TPSA) is 52.6 Å². The minimum Gasteiger partial charge on any atom is -0.465 e. The smallest absolute Gasteiger partial charge is 0.324 e. The number of rotatable bonds is 11. The van der Waals surface area contributed by atoms with Crippen LogP contribution < -0.4 is 0 Å². The molecule has 0 rings (SSSR count). The van der Waals surface area contributed by atoms with Crippen molar-refractivity contribution in [2.45, 2.75) is 52.9 Å². The molecule has 4 nitrogen and oxygen atoms in total. The molecule has 0 aromatic carbocycles. The lowest BCUT2D eigenvalue weighted by Crippen LogP contribution is -2.41. The van der Waals surface area contributed by atoms with Crippen molar-refractivity contribution < 1.29 is 19.1 Å². The number of carbonyl (C=O) groups is 2. The van der Waals surface area contributed by atoms with Crippen LogP contribution in [-0.2, 0) is 19.1 Å². The van der Waals surface area contributed by atoms with Gasteiger partial charge in [0.25, 0.3) is 0 Å². The van der Waals surface area contributed by atoms with Crippen molar-refractivity contribution in [3.8, 4) is 11.8 Å². The van der Waals surface area contributed by atoms with E-state index in [1.165, 1.54) is 0 Å². The SMILES string of the molecule is C=CCC#CCC(C/C=C(\I)CCC(=C)C)(C(=O)OCC)C(=O)OCC. The van der Waals surface area contributed by atoms with E-state index in [1.807, 2.05) is 13.0 Å². The van der Waals surface area contributed by atoms with Crippen LogP contribution in [0.2, 0.25) is 0 Å². The standard InChI is InChI=1S/C21H29IO4/c1-6-9-10-11-15-21(19(23)25-7-2,20(24)26-8-3)16-14-18(22)13-12-17(4)5/h6,14H,1,4,7-9,12-13,15-16H2,2-3,5H3/b18-14-. The zero-order chi connectivity index (χ0) is 20.0. The van der Waals surface area contributed by atoms with Crippen LogP contribution in [0.1, 0.15) is 52.9 Å². The second kappa shape index (κ2) is 13.6. The van der Waals surface area contributed by atoms with E-state index in [0.717, 1.165) is 22.0 Å². The number of hydrogen-bond acceptors (Lipinski definition) is 4. The molecule has 0 N–H and O–H groups in total. The van der Waals surface area contributed by atoms with Gasteiger partial charge in [0, 0.05) is 12.8 Å². The summed E-state index contributed by atoms with van der Waals surface area (Å²) >= 11 is 2.22. The van der Waals surface area contributed by atoms with Crippen LogP contribution in [0, 0.1) is 17.3 Å². The highest BCUT2D eigenvalue weighted by molar-refractivity contribution is 14.1. The summed E-state index contributed by atoms with van der Waals surface area (Å²) in [6.07, 6.45) is 5.99. The number of carbonyl (C=O) groups excluding carboxylic acids is 2. The van der Waals surface area contributed by atoms with Crippen LogP contribution in [0.15, 0.2) is 34.5 Å². The van der Waals surface area contributed by atoms with E-state index in [1.54, 1.807) is 19.9 Å². The highest BCUT2D eigenvalue weighted by Crippen LogP contribution is 2.33. The molecule has 0 amide bonds. The zero-order valence-electron chi connectivity index (χ0n) is 16.0. The third-order valence-electron chi connectivity index (χ3n) is 3.56. The van der Waals surface area contributed by atoms with Gasteiger partial charge in [-0.05, 0) is 66.2 Å². The number of ether oxygens (including phenoxy) is 2. The molecule has 144 valence electrons. The average Bonchev–Trinajstić information content (AvgIpc) is 2.59. The Balaban J connectivity index is 5.68. The molecular formula is C21H29IO4. The van der Waals surface area contributed by atoms with Gasteiger partial charge < -0.3 is 9.47 Å². The van der Waals surface area contributed by atoms with Gasteiger partial charge >= 0.3 is 11.9 Å². The van der Waals surface area contributed by atoms with Crippen molar-refractivity contribution in [2.75, 3.05) is 13.2 Å². The largest absolute Gasteiger partial charge is 0.465 e. The molecule has 0 atom stereocenters. The monoisotopic (exact) mass is 472 g/mol. The molecule has 5 heteroatoms. The zero-order valence-corrected chi connectivity index (χ0v) is 18.2. The molecule has 0 saturated carbocycles. The van der Waals surface area contributed by atoms with Crippen LogP contribution in [-0.4, -0.2) is 25.2 Å². The Morgan fingerprint density at radius 2 is 1.69 bits per heavy atom. The Morgan fingerprint density at radius 1 is 1.12 bits per heavy atom. The maximum absolute atomic E-state index is 12.7. The molecule has 0 saturated heterocycles. The van der Waals surface area contributed by atoms with E-state index < -0.39 is 17.4 Å². The second-order valence-electron chi connectivity index (χ2n) is 5.86. The first kappa shape index (κ1) is 24.5. The highest BCUT2D eigenvalue weighted by Gasteiger charge is 2.47. The Bertz CT molecular complexity index is 575. The summed E-state index contributed by atoms with van der Waals surface area (Å²) in [6, 6.07) is 0. The molecule has 0 aromatic rings. The van der Waals surface area contributed by atoms with Crippen LogP contribution >= 0.6 is 22.6 Å². The van der Waals surface area contributed by atoms with Gasteiger partial charge in [-0.2, -0.15) is 0 Å². The molecule has 0 aliphatic rings. The number of halogens is 1. The minimum absolute atomic E-state index is 0.0550. The fourth-order valence-electron chi connectivity index (χ4n) is 2.08. The third-order valence-corrected chi connectivity index (χ3v) is 4.54. The molecule has 0 aromatic heterocycles. The van der Waals surface area contributed by atoms with Crippen LogP contribution in [0.3, 0.4) is 0 Å². The van der Waals surface area contributed by atoms with Crippen molar-refractivity contribution in [2.24, 2.45) is 5.41 Å². The predicted octanol–water partition coefficient (Wildman–Crippen LogP) is 5.13. The van der Waals surface area contributed by atoms with Crippen molar-refractivity contribution in [3.05, 3.63) is 34.5 Å². The molecule has 0 spiro atoms. The molecule has 0 fully saturated rings. The summed E-state index contributed by atoms with van der Waals surface area (Å²) in [6.45, 7) is 13.3. The third kappa shape index (κ3) is 8.70. The van der Waals surface area contributed by atoms with Crippen LogP contribution in [0.25, 0.3) is 0 Å². The maximum Gasteiger partial charge on any atom is 0.324 e. The van der Waals surface area contributed by atoms with Gasteiger partial charge in [0.1, 0.15) is 0 Å². The molecule has 0 bridgehead atoms. The fraction of sp³-hybridized carbons (Fsp3) is 0.524. The first-order chi connectivity index (χ1) is 12.3. The lowest BCUT2D eigenvalue weighted by molar-refractivity contribution is -0.171. The van der Waals surface area contributed by atoms with Crippen molar-refractivity contribution >= 4 is 34.5 Å². The summed E-state index contributed by atoms with van der Waals surface area (Å²) in [7, 11) is 0. The first-order valence-electron chi connectivity index (χ1n) is 8.74. The summed E-state index contributed by atoms with van der Waals surface area (Å²) in [5, 5.41) is 0. The van der Waals surface area contributed by atoms with Crippen molar-refractivity contribution in [1.82, 2.24) is 0 Å². The van der Waals surface area contributed by atoms with E-state index in [0.29, 0.717) is 6.42 Å². The molecule has 26 heavy (non-hydrogen) atoms. The molecule has 0 aliphatic heterocycles. The van der Waals surface area contributed by atoms with Crippen LogP contribution in [0.5, 0.6) is 0 Å². The quantitative estimate of drug-likeness (QED) is 0.138. The number of allylic oxidation sites excluding steroid dienone is 4. The van der Waals surface area contributed by atoms with Crippen LogP contribution in [0.4, 0.5) is 0 Å². The molecule has 0 unspecified atom stereocenters. The Hall–Kier alpha value is -1.55. The molecule has 0 aliphatic carbocycles. The van der Waals surface area contributed by atoms with Gasteiger partial charge in [0.05, 0.1) is 13.2 Å². The average molecular weight is 472 g/mol. The second-order valence-corrected chi connectivity index (χ2v) is 7.24. The van der Waals surface area contributed by atoms with E-state index >= 15 is 0 Å². The van der Waals surface area contributed by atoms with Gasteiger partial charge in [0.15, 0.2) is 5.41 Å². The Labute approximate surface area is 171 Å². The summed E-state index contributed by atoms with van der Waals surface area (Å²) in [5.74, 6) is 4.62. The highest BCUT2D eigenvalue weighted by atomic mass is 127. The number of hydrogen-bond donors (Lipinski definition) is 0. The van der Waals surface area contributed by atoms with Crippen molar-refractivity contribution in [1.29, 1.82) is 0 Å². The normalized spacial score (nSPS) is 11.2. The first-order valence-corrected chi connectivity index (χ1v) is 9.81. The molecular weight excluding hydrogens is 443 g/mol. The lowest BCUT2D eigenvalue weighted by Gasteiger charge is -2.26. The predicted molar refractivity (Wildman–Crippen MR) is 114 cm³/mol. The minimum atomic E-state index is -1.44.